The van der Waals surface area contributed by atoms with Gasteiger partial charge >= 0.3 is 0 Å². The van der Waals surface area contributed by atoms with Crippen molar-refractivity contribution in [2.75, 3.05) is 6.61 Å². The van der Waals surface area contributed by atoms with Crippen molar-refractivity contribution in [2.24, 2.45) is 0 Å². The summed E-state index contributed by atoms with van der Waals surface area (Å²) in [5, 5.41) is 0. The number of carbonyl (C=O) groups is 1. The molecule has 17 heavy (non-hydrogen) atoms. The minimum atomic E-state index is 0.365. The van der Waals surface area contributed by atoms with Gasteiger partial charge in [-0.1, -0.05) is 31.5 Å². The highest BCUT2D eigenvalue weighted by molar-refractivity contribution is 5.79. The molecule has 1 heterocycles. The minimum absolute atomic E-state index is 0.365. The zero-order valence-corrected chi connectivity index (χ0v) is 10.4. The quantitative estimate of drug-likeness (QED) is 0.773. The normalized spacial score (nSPS) is 18.3. The minimum Gasteiger partial charge on any atom is -0.493 e. The number of hydrogen-bond donors (Lipinski definition) is 0. The molecule has 2 heteroatoms. The molecule has 0 aliphatic carbocycles. The van der Waals surface area contributed by atoms with Crippen LogP contribution in [0.3, 0.4) is 0 Å². The van der Waals surface area contributed by atoms with Crippen LogP contribution in [0.4, 0.5) is 0 Å². The van der Waals surface area contributed by atoms with Crippen molar-refractivity contribution in [2.45, 2.75) is 44.9 Å². The van der Waals surface area contributed by atoms with Crippen LogP contribution in [0.15, 0.2) is 24.3 Å². The van der Waals surface area contributed by atoms with Gasteiger partial charge in [0.15, 0.2) is 0 Å². The molecule has 1 aromatic rings. The van der Waals surface area contributed by atoms with Crippen molar-refractivity contribution in [3.8, 4) is 5.75 Å². The Hall–Kier alpha value is -1.31. The van der Waals surface area contributed by atoms with Gasteiger partial charge in [0.05, 0.1) is 6.61 Å². The van der Waals surface area contributed by atoms with E-state index < -0.39 is 0 Å². The van der Waals surface area contributed by atoms with Gasteiger partial charge in [0, 0.05) is 12.8 Å². The molecule has 1 aromatic carbocycles. The fourth-order valence-corrected chi connectivity index (χ4v) is 2.38. The van der Waals surface area contributed by atoms with Crippen LogP contribution in [-0.2, 0) is 4.79 Å². The molecule has 1 aliphatic rings. The lowest BCUT2D eigenvalue weighted by molar-refractivity contribution is -0.119. The maximum absolute atomic E-state index is 11.8. The predicted octanol–water partition coefficient (Wildman–Crippen LogP) is 3.70. The molecule has 1 aliphatic heterocycles. The Morgan fingerprint density at radius 1 is 1.41 bits per heavy atom. The van der Waals surface area contributed by atoms with E-state index in [-0.39, 0.29) is 0 Å². The van der Waals surface area contributed by atoms with Gasteiger partial charge in [-0.15, -0.1) is 0 Å². The molecule has 2 nitrogen and oxygen atoms in total. The molecular formula is C15H20O2. The second kappa shape index (κ2) is 5.85. The van der Waals surface area contributed by atoms with E-state index in [1.165, 1.54) is 5.56 Å². The van der Waals surface area contributed by atoms with Crippen LogP contribution in [0.5, 0.6) is 5.75 Å². The van der Waals surface area contributed by atoms with E-state index in [0.29, 0.717) is 18.1 Å². The fourth-order valence-electron chi connectivity index (χ4n) is 2.38. The van der Waals surface area contributed by atoms with Crippen molar-refractivity contribution < 1.29 is 9.53 Å². The number of carbonyl (C=O) groups excluding carboxylic acids is 1. The molecule has 0 radical (unpaired) electrons. The Kier molecular flexibility index (Phi) is 4.18. The summed E-state index contributed by atoms with van der Waals surface area (Å²) in [4.78, 5) is 11.8. The smallest absolute Gasteiger partial charge is 0.133 e. The number of para-hydroxylation sites is 1. The van der Waals surface area contributed by atoms with Crippen LogP contribution in [0, 0.1) is 0 Å². The number of ketones is 1. The molecule has 92 valence electrons. The monoisotopic (exact) mass is 232 g/mol. The maximum atomic E-state index is 11.8. The first kappa shape index (κ1) is 12.2. The van der Waals surface area contributed by atoms with Crippen molar-refractivity contribution in [3.05, 3.63) is 29.8 Å². The molecule has 0 aromatic heterocycles. The van der Waals surface area contributed by atoms with Crippen molar-refractivity contribution >= 4 is 5.78 Å². The summed E-state index contributed by atoms with van der Waals surface area (Å²) in [6.07, 6.45) is 4.49. The van der Waals surface area contributed by atoms with E-state index in [1.807, 2.05) is 18.2 Å². The largest absolute Gasteiger partial charge is 0.493 e. The number of fused-ring (bicyclic) bond motifs is 1. The summed E-state index contributed by atoms with van der Waals surface area (Å²) in [7, 11) is 0. The molecule has 0 amide bonds. The molecule has 0 saturated heterocycles. The van der Waals surface area contributed by atoms with Crippen LogP contribution in [0.2, 0.25) is 0 Å². The Labute approximate surface area is 103 Å². The van der Waals surface area contributed by atoms with Gasteiger partial charge in [0.2, 0.25) is 0 Å². The molecule has 0 fully saturated rings. The first-order valence-corrected chi connectivity index (χ1v) is 6.54. The number of hydrogen-bond acceptors (Lipinski definition) is 2. The van der Waals surface area contributed by atoms with Crippen molar-refractivity contribution in [3.63, 3.8) is 0 Å². The lowest BCUT2D eigenvalue weighted by Gasteiger charge is -2.25. The van der Waals surface area contributed by atoms with E-state index in [2.05, 4.69) is 13.0 Å². The number of Topliss-reactive ketones (excluding diaryl/α,β-unsaturated/α-hetero) is 1. The third kappa shape index (κ3) is 3.09. The third-order valence-corrected chi connectivity index (χ3v) is 3.37. The van der Waals surface area contributed by atoms with Gasteiger partial charge in [0.1, 0.15) is 11.5 Å². The first-order chi connectivity index (χ1) is 8.31. The van der Waals surface area contributed by atoms with Gasteiger partial charge in [-0.05, 0) is 30.4 Å². The average molecular weight is 232 g/mol. The standard InChI is InChI=1S/C15H20O2/c1-2-3-6-13(16)11-12-9-10-17-15-8-5-4-7-14(12)15/h4-5,7-8,12H,2-3,6,9-11H2,1H3. The summed E-state index contributed by atoms with van der Waals surface area (Å²) < 4.78 is 5.61. The highest BCUT2D eigenvalue weighted by atomic mass is 16.5. The topological polar surface area (TPSA) is 26.3 Å². The summed E-state index contributed by atoms with van der Waals surface area (Å²) in [6, 6.07) is 8.10. The van der Waals surface area contributed by atoms with Gasteiger partial charge in [-0.25, -0.2) is 0 Å². The van der Waals surface area contributed by atoms with Gasteiger partial charge in [0.25, 0.3) is 0 Å². The average Bonchev–Trinajstić information content (AvgIpc) is 2.37. The lowest BCUT2D eigenvalue weighted by Crippen LogP contribution is -2.17. The Bertz CT molecular complexity index is 384. The first-order valence-electron chi connectivity index (χ1n) is 6.54. The Morgan fingerprint density at radius 3 is 3.06 bits per heavy atom. The van der Waals surface area contributed by atoms with Crippen LogP contribution >= 0.6 is 0 Å². The zero-order valence-electron chi connectivity index (χ0n) is 10.4. The summed E-state index contributed by atoms with van der Waals surface area (Å²) in [5.41, 5.74) is 1.21. The van der Waals surface area contributed by atoms with Gasteiger partial charge in [-0.3, -0.25) is 4.79 Å². The molecule has 1 unspecified atom stereocenters. The molecule has 0 N–H and O–H groups in total. The molecule has 0 saturated carbocycles. The second-order valence-corrected chi connectivity index (χ2v) is 4.72. The van der Waals surface area contributed by atoms with E-state index in [1.54, 1.807) is 0 Å². The number of ether oxygens (including phenoxy) is 1. The third-order valence-electron chi connectivity index (χ3n) is 3.37. The molecule has 2 rings (SSSR count). The lowest BCUT2D eigenvalue weighted by atomic mass is 9.88. The van der Waals surface area contributed by atoms with Crippen molar-refractivity contribution in [1.29, 1.82) is 0 Å². The summed E-state index contributed by atoms with van der Waals surface area (Å²) in [6.45, 7) is 2.86. The van der Waals surface area contributed by atoms with Crippen LogP contribution in [0.25, 0.3) is 0 Å². The van der Waals surface area contributed by atoms with E-state index in [0.717, 1.165) is 38.0 Å². The van der Waals surface area contributed by atoms with Gasteiger partial charge in [-0.2, -0.15) is 0 Å². The van der Waals surface area contributed by atoms with Gasteiger partial charge < -0.3 is 4.74 Å². The zero-order chi connectivity index (χ0) is 12.1. The van der Waals surface area contributed by atoms with E-state index >= 15 is 0 Å². The molecule has 0 spiro atoms. The van der Waals surface area contributed by atoms with Crippen LogP contribution in [-0.4, -0.2) is 12.4 Å². The highest BCUT2D eigenvalue weighted by Gasteiger charge is 2.22. The molecule has 1 atom stereocenters. The Balaban J connectivity index is 2.01. The number of rotatable bonds is 5. The van der Waals surface area contributed by atoms with E-state index in [4.69, 9.17) is 4.74 Å². The maximum Gasteiger partial charge on any atom is 0.133 e. The summed E-state index contributed by atoms with van der Waals surface area (Å²) >= 11 is 0. The predicted molar refractivity (Wildman–Crippen MR) is 68.4 cm³/mol. The summed E-state index contributed by atoms with van der Waals surface area (Å²) in [5.74, 6) is 1.73. The highest BCUT2D eigenvalue weighted by Crippen LogP contribution is 2.35. The Morgan fingerprint density at radius 2 is 2.24 bits per heavy atom. The second-order valence-electron chi connectivity index (χ2n) is 4.72. The number of unbranched alkanes of at least 4 members (excludes halogenated alkanes) is 1. The SMILES string of the molecule is CCCCC(=O)CC1CCOc2ccccc21. The number of benzene rings is 1. The van der Waals surface area contributed by atoms with Crippen molar-refractivity contribution in [1.82, 2.24) is 0 Å². The molecular weight excluding hydrogens is 212 g/mol. The fraction of sp³-hybridized carbons (Fsp3) is 0.533. The van der Waals surface area contributed by atoms with E-state index in [9.17, 15) is 4.79 Å². The van der Waals surface area contributed by atoms with Crippen LogP contribution < -0.4 is 4.74 Å². The van der Waals surface area contributed by atoms with Crippen LogP contribution in [0.1, 0.15) is 50.5 Å². The molecule has 0 bridgehead atoms.